The van der Waals surface area contributed by atoms with E-state index in [2.05, 4.69) is 4.98 Å². The Morgan fingerprint density at radius 2 is 2.00 bits per heavy atom. The zero-order chi connectivity index (χ0) is 22.2. The van der Waals surface area contributed by atoms with E-state index in [-0.39, 0.29) is 18.3 Å². The highest BCUT2D eigenvalue weighted by Crippen LogP contribution is 2.29. The molecule has 0 spiro atoms. The van der Waals surface area contributed by atoms with Gasteiger partial charge >= 0.3 is 5.97 Å². The SMILES string of the molecule is CCOc1cccn2c(C=C(C#N)C(=O)OCc3ccccc3)c(OC(C)CC)nc12. The first-order valence-electron chi connectivity index (χ1n) is 10.2. The van der Waals surface area contributed by atoms with Crippen molar-refractivity contribution in [2.75, 3.05) is 6.61 Å². The van der Waals surface area contributed by atoms with Gasteiger partial charge in [0.2, 0.25) is 5.88 Å². The zero-order valence-electron chi connectivity index (χ0n) is 17.9. The molecule has 0 amide bonds. The molecule has 1 atom stereocenters. The summed E-state index contributed by atoms with van der Waals surface area (Å²) in [6.07, 6.45) is 3.91. The van der Waals surface area contributed by atoms with Crippen LogP contribution in [0, 0.1) is 11.3 Å². The number of carbonyl (C=O) groups is 1. The quantitative estimate of drug-likeness (QED) is 0.287. The molecule has 7 heteroatoms. The Morgan fingerprint density at radius 3 is 2.68 bits per heavy atom. The molecule has 0 saturated carbocycles. The normalized spacial score (nSPS) is 12.3. The summed E-state index contributed by atoms with van der Waals surface area (Å²) in [7, 11) is 0. The van der Waals surface area contributed by atoms with Crippen LogP contribution in [0.25, 0.3) is 11.7 Å². The number of rotatable bonds is 9. The first-order chi connectivity index (χ1) is 15.1. The van der Waals surface area contributed by atoms with Crippen LogP contribution in [0.15, 0.2) is 54.2 Å². The summed E-state index contributed by atoms with van der Waals surface area (Å²) in [5.41, 5.74) is 1.72. The second-order valence-electron chi connectivity index (χ2n) is 6.87. The first kappa shape index (κ1) is 21.9. The van der Waals surface area contributed by atoms with Gasteiger partial charge in [0.1, 0.15) is 23.9 Å². The number of fused-ring (bicyclic) bond motifs is 1. The van der Waals surface area contributed by atoms with Crippen LogP contribution in [-0.4, -0.2) is 28.1 Å². The van der Waals surface area contributed by atoms with Crippen molar-refractivity contribution in [2.45, 2.75) is 39.9 Å². The lowest BCUT2D eigenvalue weighted by molar-refractivity contribution is -0.139. The topological polar surface area (TPSA) is 85.9 Å². The van der Waals surface area contributed by atoms with Crippen molar-refractivity contribution in [2.24, 2.45) is 0 Å². The summed E-state index contributed by atoms with van der Waals surface area (Å²) in [5.74, 6) is 0.200. The Hall–Kier alpha value is -3.79. The number of carbonyl (C=O) groups excluding carboxylic acids is 1. The molecule has 2 aromatic heterocycles. The maximum Gasteiger partial charge on any atom is 0.349 e. The molecule has 0 aliphatic carbocycles. The number of esters is 1. The largest absolute Gasteiger partial charge is 0.490 e. The Morgan fingerprint density at radius 1 is 1.23 bits per heavy atom. The summed E-state index contributed by atoms with van der Waals surface area (Å²) in [6.45, 7) is 6.38. The van der Waals surface area contributed by atoms with Crippen LogP contribution < -0.4 is 9.47 Å². The molecule has 3 aromatic rings. The lowest BCUT2D eigenvalue weighted by atomic mass is 10.2. The summed E-state index contributed by atoms with van der Waals surface area (Å²) >= 11 is 0. The van der Waals surface area contributed by atoms with Crippen LogP contribution in [-0.2, 0) is 16.1 Å². The van der Waals surface area contributed by atoms with Crippen molar-refractivity contribution in [1.82, 2.24) is 9.38 Å². The summed E-state index contributed by atoms with van der Waals surface area (Å²) in [5, 5.41) is 9.61. The fraction of sp³-hybridized carbons (Fsp3) is 0.292. The molecule has 160 valence electrons. The van der Waals surface area contributed by atoms with Crippen molar-refractivity contribution >= 4 is 17.7 Å². The van der Waals surface area contributed by atoms with Crippen LogP contribution in [0.5, 0.6) is 11.6 Å². The highest BCUT2D eigenvalue weighted by atomic mass is 16.5. The maximum atomic E-state index is 12.6. The van der Waals surface area contributed by atoms with E-state index >= 15 is 0 Å². The fourth-order valence-corrected chi connectivity index (χ4v) is 2.87. The number of hydrogen-bond donors (Lipinski definition) is 0. The fourth-order valence-electron chi connectivity index (χ4n) is 2.87. The monoisotopic (exact) mass is 419 g/mol. The number of nitrogens with zero attached hydrogens (tertiary/aromatic N) is 3. The van der Waals surface area contributed by atoms with Crippen LogP contribution in [0.1, 0.15) is 38.4 Å². The number of benzene rings is 1. The summed E-state index contributed by atoms with van der Waals surface area (Å²) in [6, 6.07) is 14.8. The van der Waals surface area contributed by atoms with E-state index in [9.17, 15) is 10.1 Å². The van der Waals surface area contributed by atoms with Gasteiger partial charge in [-0.1, -0.05) is 37.3 Å². The number of aromatic nitrogens is 2. The minimum Gasteiger partial charge on any atom is -0.490 e. The number of hydrogen-bond acceptors (Lipinski definition) is 6. The molecule has 0 fully saturated rings. The highest BCUT2D eigenvalue weighted by molar-refractivity contribution is 5.98. The second-order valence-corrected chi connectivity index (χ2v) is 6.87. The molecule has 2 heterocycles. The van der Waals surface area contributed by atoms with Crippen LogP contribution >= 0.6 is 0 Å². The first-order valence-corrected chi connectivity index (χ1v) is 10.2. The van der Waals surface area contributed by atoms with Gasteiger partial charge in [0.15, 0.2) is 11.4 Å². The maximum absolute atomic E-state index is 12.6. The molecule has 0 aliphatic heterocycles. The lowest BCUT2D eigenvalue weighted by Crippen LogP contribution is -2.11. The summed E-state index contributed by atoms with van der Waals surface area (Å²) < 4.78 is 18.7. The third kappa shape index (κ3) is 5.23. The Labute approximate surface area is 181 Å². The van der Waals surface area contributed by atoms with Crippen molar-refractivity contribution in [3.63, 3.8) is 0 Å². The van der Waals surface area contributed by atoms with Gasteiger partial charge in [0.05, 0.1) is 12.7 Å². The van der Waals surface area contributed by atoms with E-state index in [1.165, 1.54) is 6.08 Å². The van der Waals surface area contributed by atoms with Crippen LogP contribution in [0.3, 0.4) is 0 Å². The van der Waals surface area contributed by atoms with Crippen LogP contribution in [0.4, 0.5) is 0 Å². The van der Waals surface area contributed by atoms with E-state index in [1.54, 1.807) is 10.6 Å². The molecular formula is C24H25N3O4. The minimum atomic E-state index is -0.711. The van der Waals surface area contributed by atoms with Gasteiger partial charge in [-0.3, -0.25) is 4.40 Å². The zero-order valence-corrected chi connectivity index (χ0v) is 17.9. The predicted octanol–water partition coefficient (Wildman–Crippen LogP) is 4.56. The third-order valence-electron chi connectivity index (χ3n) is 4.64. The number of imidazole rings is 1. The van der Waals surface area contributed by atoms with E-state index in [0.29, 0.717) is 29.6 Å². The average Bonchev–Trinajstić information content (AvgIpc) is 3.14. The molecule has 0 aliphatic rings. The summed E-state index contributed by atoms with van der Waals surface area (Å²) in [4.78, 5) is 17.1. The molecule has 0 N–H and O–H groups in total. The van der Waals surface area contributed by atoms with Crippen molar-refractivity contribution in [3.05, 3.63) is 65.5 Å². The number of nitriles is 1. The molecule has 0 radical (unpaired) electrons. The van der Waals surface area contributed by atoms with Crippen molar-refractivity contribution in [1.29, 1.82) is 5.26 Å². The molecule has 0 bridgehead atoms. The second kappa shape index (κ2) is 10.3. The van der Waals surface area contributed by atoms with Gasteiger partial charge in [-0.15, -0.1) is 0 Å². The van der Waals surface area contributed by atoms with Gasteiger partial charge in [-0.05, 0) is 44.0 Å². The van der Waals surface area contributed by atoms with Gasteiger partial charge in [0, 0.05) is 6.20 Å². The van der Waals surface area contributed by atoms with Crippen molar-refractivity contribution in [3.8, 4) is 17.7 Å². The van der Waals surface area contributed by atoms with Crippen molar-refractivity contribution < 1.29 is 19.0 Å². The predicted molar refractivity (Wildman–Crippen MR) is 117 cm³/mol. The van der Waals surface area contributed by atoms with Gasteiger partial charge < -0.3 is 14.2 Å². The lowest BCUT2D eigenvalue weighted by Gasteiger charge is -2.10. The Kier molecular flexibility index (Phi) is 7.28. The van der Waals surface area contributed by atoms with Crippen LogP contribution in [0.2, 0.25) is 0 Å². The molecule has 1 unspecified atom stereocenters. The number of pyridine rings is 1. The van der Waals surface area contributed by atoms with Gasteiger partial charge in [0.25, 0.3) is 0 Å². The van der Waals surface area contributed by atoms with Gasteiger partial charge in [-0.2, -0.15) is 10.2 Å². The van der Waals surface area contributed by atoms with E-state index < -0.39 is 5.97 Å². The van der Waals surface area contributed by atoms with E-state index in [1.807, 2.05) is 69.3 Å². The Balaban J connectivity index is 1.98. The molecule has 31 heavy (non-hydrogen) atoms. The molecule has 1 aromatic carbocycles. The highest BCUT2D eigenvalue weighted by Gasteiger charge is 2.20. The smallest absolute Gasteiger partial charge is 0.349 e. The standard InChI is InChI=1S/C24H25N3O4/c1-4-17(3)31-23-20(27-13-9-12-21(29-5-2)22(27)26-23)14-19(15-25)24(28)30-16-18-10-7-6-8-11-18/h6-14,17H,4-5,16H2,1-3H3. The Bertz CT molecular complexity index is 1110. The van der Waals surface area contributed by atoms with E-state index in [4.69, 9.17) is 14.2 Å². The number of ether oxygens (including phenoxy) is 3. The van der Waals surface area contributed by atoms with Gasteiger partial charge in [-0.25, -0.2) is 4.79 Å². The molecule has 7 nitrogen and oxygen atoms in total. The molecule has 3 rings (SSSR count). The molecular weight excluding hydrogens is 394 g/mol. The van der Waals surface area contributed by atoms with E-state index in [0.717, 1.165) is 12.0 Å². The minimum absolute atomic E-state index is 0.0799. The molecule has 0 saturated heterocycles. The average molecular weight is 419 g/mol. The third-order valence-corrected chi connectivity index (χ3v) is 4.64.